The standard InChI is InChI=1S/C15H19NO3/c1-10(2)13-6-7-16(9-13)14(17)11-4-3-5-12(8-11)15(18)19/h3-5,8,10,13H,6-7,9H2,1-2H3,(H,18,19). The molecule has 0 bridgehead atoms. The molecule has 1 aromatic carbocycles. The molecule has 1 amide bonds. The number of benzene rings is 1. The van der Waals surface area contributed by atoms with Crippen molar-refractivity contribution < 1.29 is 14.7 Å². The fourth-order valence-corrected chi connectivity index (χ4v) is 2.48. The molecule has 102 valence electrons. The van der Waals surface area contributed by atoms with Gasteiger partial charge in [-0.15, -0.1) is 0 Å². The average Bonchev–Trinajstić information content (AvgIpc) is 2.87. The Bertz CT molecular complexity index is 496. The quantitative estimate of drug-likeness (QED) is 0.909. The van der Waals surface area contributed by atoms with Gasteiger partial charge in [0, 0.05) is 18.7 Å². The molecule has 1 N–H and O–H groups in total. The first kappa shape index (κ1) is 13.6. The van der Waals surface area contributed by atoms with Crippen molar-refractivity contribution in [2.75, 3.05) is 13.1 Å². The zero-order valence-electron chi connectivity index (χ0n) is 11.3. The summed E-state index contributed by atoms with van der Waals surface area (Å²) in [5, 5.41) is 8.95. The van der Waals surface area contributed by atoms with Crippen LogP contribution in [0.4, 0.5) is 0 Å². The van der Waals surface area contributed by atoms with Crippen LogP contribution in [-0.2, 0) is 0 Å². The van der Waals surface area contributed by atoms with Gasteiger partial charge in [-0.2, -0.15) is 0 Å². The van der Waals surface area contributed by atoms with Gasteiger partial charge in [0.05, 0.1) is 5.56 Å². The molecule has 1 atom stereocenters. The number of nitrogens with zero attached hydrogens (tertiary/aromatic N) is 1. The molecule has 1 fully saturated rings. The largest absolute Gasteiger partial charge is 0.478 e. The third kappa shape index (κ3) is 2.95. The summed E-state index contributed by atoms with van der Waals surface area (Å²) in [5.41, 5.74) is 0.620. The molecule has 19 heavy (non-hydrogen) atoms. The van der Waals surface area contributed by atoms with Crippen LogP contribution in [0.2, 0.25) is 0 Å². The summed E-state index contributed by atoms with van der Waals surface area (Å²) >= 11 is 0. The van der Waals surface area contributed by atoms with E-state index in [0.29, 0.717) is 17.4 Å². The Morgan fingerprint density at radius 3 is 2.58 bits per heavy atom. The molecule has 1 heterocycles. The van der Waals surface area contributed by atoms with Crippen LogP contribution in [0.5, 0.6) is 0 Å². The summed E-state index contributed by atoms with van der Waals surface area (Å²) in [6.07, 6.45) is 1.03. The molecule has 0 aromatic heterocycles. The lowest BCUT2D eigenvalue weighted by atomic mass is 9.95. The Labute approximate surface area is 113 Å². The second-order valence-electron chi connectivity index (χ2n) is 5.43. The van der Waals surface area contributed by atoms with Crippen LogP contribution in [0.25, 0.3) is 0 Å². The van der Waals surface area contributed by atoms with Crippen molar-refractivity contribution in [2.24, 2.45) is 11.8 Å². The molecule has 1 saturated heterocycles. The molecule has 4 heteroatoms. The number of aromatic carboxylic acids is 1. The number of amides is 1. The molecular weight excluding hydrogens is 242 g/mol. The molecule has 2 rings (SSSR count). The van der Waals surface area contributed by atoms with Gasteiger partial charge in [0.2, 0.25) is 0 Å². The van der Waals surface area contributed by atoms with Crippen molar-refractivity contribution in [3.8, 4) is 0 Å². The van der Waals surface area contributed by atoms with Gasteiger partial charge in [0.15, 0.2) is 0 Å². The summed E-state index contributed by atoms with van der Waals surface area (Å²) in [6.45, 7) is 5.88. The molecule has 1 aromatic rings. The second kappa shape index (κ2) is 5.43. The lowest BCUT2D eigenvalue weighted by molar-refractivity contribution is 0.0697. The van der Waals surface area contributed by atoms with Crippen LogP contribution in [0, 0.1) is 11.8 Å². The maximum Gasteiger partial charge on any atom is 0.335 e. The van der Waals surface area contributed by atoms with E-state index in [1.807, 2.05) is 4.90 Å². The highest BCUT2D eigenvalue weighted by molar-refractivity contribution is 5.97. The minimum absolute atomic E-state index is 0.0637. The zero-order valence-corrected chi connectivity index (χ0v) is 11.3. The SMILES string of the molecule is CC(C)C1CCN(C(=O)c2cccc(C(=O)O)c2)C1. The first-order valence-corrected chi connectivity index (χ1v) is 6.61. The van der Waals surface area contributed by atoms with E-state index in [9.17, 15) is 9.59 Å². The van der Waals surface area contributed by atoms with Crippen LogP contribution < -0.4 is 0 Å². The van der Waals surface area contributed by atoms with E-state index in [-0.39, 0.29) is 11.5 Å². The third-order valence-electron chi connectivity index (χ3n) is 3.81. The van der Waals surface area contributed by atoms with Crippen molar-refractivity contribution in [1.29, 1.82) is 0 Å². The van der Waals surface area contributed by atoms with E-state index < -0.39 is 5.97 Å². The van der Waals surface area contributed by atoms with Crippen LogP contribution >= 0.6 is 0 Å². The minimum Gasteiger partial charge on any atom is -0.478 e. The molecule has 1 unspecified atom stereocenters. The van der Waals surface area contributed by atoms with Crippen molar-refractivity contribution >= 4 is 11.9 Å². The number of rotatable bonds is 3. The van der Waals surface area contributed by atoms with Crippen LogP contribution in [-0.4, -0.2) is 35.0 Å². The Morgan fingerprint density at radius 2 is 2.00 bits per heavy atom. The number of carbonyl (C=O) groups excluding carboxylic acids is 1. The zero-order chi connectivity index (χ0) is 14.0. The van der Waals surface area contributed by atoms with E-state index in [1.165, 1.54) is 12.1 Å². The monoisotopic (exact) mass is 261 g/mol. The third-order valence-corrected chi connectivity index (χ3v) is 3.81. The number of hydrogen-bond donors (Lipinski definition) is 1. The van der Waals surface area contributed by atoms with E-state index in [2.05, 4.69) is 13.8 Å². The number of likely N-dealkylation sites (tertiary alicyclic amines) is 1. The number of carboxylic acid groups (broad SMARTS) is 1. The maximum atomic E-state index is 12.3. The van der Waals surface area contributed by atoms with Crippen molar-refractivity contribution in [2.45, 2.75) is 20.3 Å². The maximum absolute atomic E-state index is 12.3. The molecule has 1 aliphatic rings. The number of carboxylic acids is 1. The minimum atomic E-state index is -1.00. The Morgan fingerprint density at radius 1 is 1.32 bits per heavy atom. The van der Waals surface area contributed by atoms with E-state index >= 15 is 0 Å². The second-order valence-corrected chi connectivity index (χ2v) is 5.43. The molecule has 4 nitrogen and oxygen atoms in total. The molecular formula is C15H19NO3. The fraction of sp³-hybridized carbons (Fsp3) is 0.467. The fourth-order valence-electron chi connectivity index (χ4n) is 2.48. The molecule has 0 radical (unpaired) electrons. The molecule has 0 spiro atoms. The highest BCUT2D eigenvalue weighted by atomic mass is 16.4. The van der Waals surface area contributed by atoms with E-state index in [4.69, 9.17) is 5.11 Å². The molecule has 0 saturated carbocycles. The lowest BCUT2D eigenvalue weighted by Crippen LogP contribution is -2.29. The summed E-state index contributed by atoms with van der Waals surface area (Å²) in [5.74, 6) is 0.0529. The summed E-state index contributed by atoms with van der Waals surface area (Å²) < 4.78 is 0. The van der Waals surface area contributed by atoms with Gasteiger partial charge < -0.3 is 10.0 Å². The first-order chi connectivity index (χ1) is 8.99. The van der Waals surface area contributed by atoms with Gasteiger partial charge in [-0.25, -0.2) is 4.79 Å². The van der Waals surface area contributed by atoms with E-state index in [1.54, 1.807) is 12.1 Å². The van der Waals surface area contributed by atoms with Crippen molar-refractivity contribution in [3.05, 3.63) is 35.4 Å². The van der Waals surface area contributed by atoms with Gasteiger partial charge >= 0.3 is 5.97 Å². The van der Waals surface area contributed by atoms with Gasteiger partial charge in [0.25, 0.3) is 5.91 Å². The summed E-state index contributed by atoms with van der Waals surface area (Å²) in [4.78, 5) is 25.1. The smallest absolute Gasteiger partial charge is 0.335 e. The topological polar surface area (TPSA) is 57.6 Å². The Balaban J connectivity index is 2.12. The lowest BCUT2D eigenvalue weighted by Gasteiger charge is -2.18. The first-order valence-electron chi connectivity index (χ1n) is 6.61. The highest BCUT2D eigenvalue weighted by Crippen LogP contribution is 2.25. The normalized spacial score (nSPS) is 18.9. The summed E-state index contributed by atoms with van der Waals surface area (Å²) in [6, 6.07) is 6.25. The van der Waals surface area contributed by atoms with Crippen molar-refractivity contribution in [3.63, 3.8) is 0 Å². The van der Waals surface area contributed by atoms with Gasteiger partial charge in [-0.05, 0) is 36.5 Å². The average molecular weight is 261 g/mol. The van der Waals surface area contributed by atoms with Crippen LogP contribution in [0.1, 0.15) is 41.0 Å². The van der Waals surface area contributed by atoms with Gasteiger partial charge in [0.1, 0.15) is 0 Å². The number of hydrogen-bond acceptors (Lipinski definition) is 2. The van der Waals surface area contributed by atoms with Crippen molar-refractivity contribution in [1.82, 2.24) is 4.90 Å². The van der Waals surface area contributed by atoms with Gasteiger partial charge in [-0.1, -0.05) is 19.9 Å². The summed E-state index contributed by atoms with van der Waals surface area (Å²) in [7, 11) is 0. The Hall–Kier alpha value is -1.84. The Kier molecular flexibility index (Phi) is 3.88. The predicted molar refractivity (Wildman–Crippen MR) is 72.2 cm³/mol. The van der Waals surface area contributed by atoms with E-state index in [0.717, 1.165) is 19.5 Å². The van der Waals surface area contributed by atoms with Crippen LogP contribution in [0.3, 0.4) is 0 Å². The molecule has 1 aliphatic heterocycles. The molecule has 0 aliphatic carbocycles. The number of carbonyl (C=O) groups is 2. The predicted octanol–water partition coefficient (Wildman–Crippen LogP) is 2.50. The highest BCUT2D eigenvalue weighted by Gasteiger charge is 2.28. The van der Waals surface area contributed by atoms with Crippen LogP contribution in [0.15, 0.2) is 24.3 Å². The van der Waals surface area contributed by atoms with Gasteiger partial charge in [-0.3, -0.25) is 4.79 Å².